The van der Waals surface area contributed by atoms with E-state index < -0.39 is 23.9 Å². The smallest absolute Gasteiger partial charge is 0.347 e. The minimum Gasteiger partial charge on any atom is -0.422 e. The number of carbonyl (C=O) groups is 4. The van der Waals surface area contributed by atoms with Gasteiger partial charge in [-0.25, -0.2) is 19.2 Å². The lowest BCUT2D eigenvalue weighted by molar-refractivity contribution is 0.0688. The summed E-state index contributed by atoms with van der Waals surface area (Å²) in [6, 6.07) is 41.5. The van der Waals surface area contributed by atoms with Crippen LogP contribution in [-0.4, -0.2) is 34.6 Å². The zero-order valence-electron chi connectivity index (χ0n) is 30.0. The van der Waals surface area contributed by atoms with E-state index in [9.17, 15) is 19.2 Å². The number of hydrogen-bond acceptors (Lipinski definition) is 8. The fraction of sp³-hybridized carbons (Fsp3) is 0.0435. The van der Waals surface area contributed by atoms with E-state index in [2.05, 4.69) is 0 Å². The van der Waals surface area contributed by atoms with Crippen LogP contribution in [0.25, 0.3) is 43.1 Å². The molecule has 0 aromatic heterocycles. The summed E-state index contributed by atoms with van der Waals surface area (Å²) in [6.45, 7) is 0. The second kappa shape index (κ2) is 18.0. The molecule has 0 unspecified atom stereocenters. The summed E-state index contributed by atoms with van der Waals surface area (Å²) in [7, 11) is 0. The molecular formula is C46H28Cl4O8. The number of esters is 4. The summed E-state index contributed by atoms with van der Waals surface area (Å²) in [6.07, 6.45) is 0. The van der Waals surface area contributed by atoms with Crippen molar-refractivity contribution in [2.24, 2.45) is 0 Å². The molecule has 0 aliphatic carbocycles. The van der Waals surface area contributed by atoms with Crippen LogP contribution >= 0.6 is 46.4 Å². The van der Waals surface area contributed by atoms with E-state index >= 15 is 0 Å². The fourth-order valence-electron chi connectivity index (χ4n) is 6.47. The number of halogens is 4. The summed E-state index contributed by atoms with van der Waals surface area (Å²) in [5.41, 5.74) is -0.268. The van der Waals surface area contributed by atoms with Crippen LogP contribution in [0.1, 0.15) is 41.4 Å². The van der Waals surface area contributed by atoms with Crippen molar-refractivity contribution in [3.8, 4) is 23.0 Å². The van der Waals surface area contributed by atoms with Crippen molar-refractivity contribution >= 4 is 113 Å². The number of benzene rings is 8. The molecule has 1 aliphatic rings. The van der Waals surface area contributed by atoms with Crippen molar-refractivity contribution in [1.82, 2.24) is 0 Å². The van der Waals surface area contributed by atoms with Crippen molar-refractivity contribution in [3.63, 3.8) is 0 Å². The topological polar surface area (TPSA) is 105 Å². The summed E-state index contributed by atoms with van der Waals surface area (Å²) in [4.78, 5) is 56.5. The van der Waals surface area contributed by atoms with Gasteiger partial charge in [0, 0.05) is 0 Å². The van der Waals surface area contributed by atoms with Crippen LogP contribution in [0.15, 0.2) is 146 Å². The molecule has 0 atom stereocenters. The minimum absolute atomic E-state index is 0.0669. The first kappa shape index (κ1) is 40.1. The van der Waals surface area contributed by atoms with Gasteiger partial charge >= 0.3 is 23.9 Å². The van der Waals surface area contributed by atoms with Gasteiger partial charge in [-0.3, -0.25) is 0 Å². The average molecular weight is 851 g/mol. The second-order valence-corrected chi connectivity index (χ2v) is 14.2. The van der Waals surface area contributed by atoms with Gasteiger partial charge in [0.15, 0.2) is 0 Å². The first-order chi connectivity index (χ1) is 28.2. The molecule has 0 radical (unpaired) electrons. The van der Waals surface area contributed by atoms with Gasteiger partial charge in [-0.05, 0) is 91.6 Å². The average Bonchev–Trinajstić information content (AvgIpc) is 3.22. The molecule has 0 bridgehead atoms. The third-order valence-electron chi connectivity index (χ3n) is 9.08. The minimum atomic E-state index is -0.874. The van der Waals surface area contributed by atoms with Gasteiger partial charge < -0.3 is 18.9 Å². The van der Waals surface area contributed by atoms with Crippen molar-refractivity contribution in [3.05, 3.63) is 168 Å². The van der Waals surface area contributed by atoms with Gasteiger partial charge in [-0.2, -0.15) is 0 Å². The Balaban J connectivity index is 0.000000806. The van der Waals surface area contributed by atoms with E-state index in [1.54, 1.807) is 48.5 Å². The van der Waals surface area contributed by atoms with Gasteiger partial charge in [0.2, 0.25) is 0 Å². The van der Waals surface area contributed by atoms with E-state index in [1.807, 2.05) is 97.1 Å². The highest BCUT2D eigenvalue weighted by molar-refractivity contribution is 6.41. The van der Waals surface area contributed by atoms with Crippen LogP contribution in [0, 0.1) is 0 Å². The number of rotatable bonds is 0. The van der Waals surface area contributed by atoms with Gasteiger partial charge in [0.25, 0.3) is 0 Å². The maximum Gasteiger partial charge on any atom is 0.347 e. The Bertz CT molecular complexity index is 2500. The Morgan fingerprint density at radius 2 is 0.448 bits per heavy atom. The molecule has 8 nitrogen and oxygen atoms in total. The van der Waals surface area contributed by atoms with E-state index in [1.165, 1.54) is 0 Å². The molecule has 0 fully saturated rings. The normalized spacial score (nSPS) is 12.6. The summed E-state index contributed by atoms with van der Waals surface area (Å²) in [5, 5.41) is 5.91. The SMILES string of the molecule is ClCCl.ClCCl.O=C1Oc2cc3ccccc3cc2C(=O)Oc2cc3ccccc3cc2C(=O)Oc2cc3ccccc3cc2C(=O)Oc2cc3ccccc3cc21. The van der Waals surface area contributed by atoms with Gasteiger partial charge in [-0.1, -0.05) is 97.1 Å². The molecule has 0 N–H and O–H groups in total. The molecule has 12 heteroatoms. The maximum absolute atomic E-state index is 14.1. The molecule has 0 amide bonds. The molecule has 8 aromatic carbocycles. The molecule has 1 heterocycles. The highest BCUT2D eigenvalue weighted by Gasteiger charge is 2.28. The second-order valence-electron chi connectivity index (χ2n) is 12.5. The highest BCUT2D eigenvalue weighted by atomic mass is 35.5. The summed E-state index contributed by atoms with van der Waals surface area (Å²) in [5.74, 6) is -3.85. The monoisotopic (exact) mass is 848 g/mol. The number of hydrogen-bond donors (Lipinski definition) is 0. The van der Waals surface area contributed by atoms with Crippen LogP contribution in [-0.2, 0) is 0 Å². The third-order valence-corrected chi connectivity index (χ3v) is 9.08. The summed E-state index contributed by atoms with van der Waals surface area (Å²) >= 11 is 19.1. The van der Waals surface area contributed by atoms with Crippen molar-refractivity contribution < 1.29 is 38.1 Å². The molecular weight excluding hydrogens is 822 g/mol. The van der Waals surface area contributed by atoms with Crippen molar-refractivity contribution in [2.75, 3.05) is 10.7 Å². The zero-order chi connectivity index (χ0) is 40.8. The number of alkyl halides is 4. The predicted molar refractivity (Wildman–Crippen MR) is 229 cm³/mol. The lowest BCUT2D eigenvalue weighted by atomic mass is 10.0. The molecule has 288 valence electrons. The number of ether oxygens (including phenoxy) is 4. The van der Waals surface area contributed by atoms with E-state index in [4.69, 9.17) is 65.4 Å². The fourth-order valence-corrected chi connectivity index (χ4v) is 6.47. The largest absolute Gasteiger partial charge is 0.422 e. The van der Waals surface area contributed by atoms with Gasteiger partial charge in [0.05, 0.1) is 10.7 Å². The number of fused-ring (bicyclic) bond motifs is 8. The molecule has 0 spiro atoms. The maximum atomic E-state index is 14.1. The molecule has 9 rings (SSSR count). The first-order valence-electron chi connectivity index (χ1n) is 17.4. The highest BCUT2D eigenvalue weighted by Crippen LogP contribution is 2.36. The van der Waals surface area contributed by atoms with Gasteiger partial charge in [-0.15, -0.1) is 46.4 Å². The van der Waals surface area contributed by atoms with Crippen molar-refractivity contribution in [2.45, 2.75) is 0 Å². The molecule has 8 aromatic rings. The standard InChI is InChI=1S/C44H24O8.2CH2Cl2/c45-41-33-17-25-9-1-5-13-29(25)21-37(33)49-42(46)35-19-27-11-3-7-15-31(27)23-39(35)51-44(48)36-20-28-12-4-8-16-32(28)24-40(36)52-43(47)34-18-26-10-2-6-14-30(26)22-38(34)50-41;2*2-1-3/h1-24H;2*1H2. The van der Waals surface area contributed by atoms with Crippen LogP contribution in [0.5, 0.6) is 23.0 Å². The molecule has 0 saturated carbocycles. The van der Waals surface area contributed by atoms with E-state index in [-0.39, 0.29) is 55.9 Å². The number of carbonyl (C=O) groups excluding carboxylic acids is 4. The predicted octanol–water partition coefficient (Wildman–Crippen LogP) is 12.3. The molecule has 58 heavy (non-hydrogen) atoms. The third kappa shape index (κ3) is 8.56. The first-order valence-corrected chi connectivity index (χ1v) is 19.6. The quantitative estimate of drug-likeness (QED) is 0.0844. The molecule has 1 aliphatic heterocycles. The van der Waals surface area contributed by atoms with Crippen LogP contribution in [0.3, 0.4) is 0 Å². The zero-order valence-corrected chi connectivity index (χ0v) is 33.1. The lowest BCUT2D eigenvalue weighted by Crippen LogP contribution is -2.20. The Labute approximate surface area is 351 Å². The van der Waals surface area contributed by atoms with E-state index in [0.717, 1.165) is 0 Å². The summed E-state index contributed by atoms with van der Waals surface area (Å²) < 4.78 is 23.9. The Kier molecular flexibility index (Phi) is 12.4. The van der Waals surface area contributed by atoms with Crippen LogP contribution in [0.2, 0.25) is 0 Å². The van der Waals surface area contributed by atoms with Gasteiger partial charge in [0.1, 0.15) is 45.3 Å². The van der Waals surface area contributed by atoms with Crippen molar-refractivity contribution in [1.29, 1.82) is 0 Å². The van der Waals surface area contributed by atoms with Crippen LogP contribution in [0.4, 0.5) is 0 Å². The molecule has 0 saturated heterocycles. The Hall–Kier alpha value is -6.16. The Morgan fingerprint density at radius 1 is 0.293 bits per heavy atom. The van der Waals surface area contributed by atoms with E-state index in [0.29, 0.717) is 43.1 Å². The lowest BCUT2D eigenvalue weighted by Gasteiger charge is -2.17. The Morgan fingerprint density at radius 3 is 0.621 bits per heavy atom. The van der Waals surface area contributed by atoms with Crippen LogP contribution < -0.4 is 18.9 Å².